The minimum atomic E-state index is 0.896. The first-order valence-electron chi connectivity index (χ1n) is 6.20. The monoisotopic (exact) mass is 196 g/mol. The average Bonchev–Trinajstić information content (AvgIpc) is 2.99. The summed E-state index contributed by atoms with van der Waals surface area (Å²) in [5.74, 6) is 3.00. The summed E-state index contributed by atoms with van der Waals surface area (Å²) in [5.41, 5.74) is 5.72. The molecule has 2 heteroatoms. The van der Waals surface area contributed by atoms with Crippen LogP contribution in [0.2, 0.25) is 0 Å². The van der Waals surface area contributed by atoms with Crippen LogP contribution >= 0.6 is 0 Å². The van der Waals surface area contributed by atoms with Crippen LogP contribution in [0.25, 0.3) is 0 Å². The molecule has 0 aromatic heterocycles. The van der Waals surface area contributed by atoms with Gasteiger partial charge in [-0.3, -0.25) is 0 Å². The number of nitrogens with two attached hydrogens (primary N) is 1. The summed E-state index contributed by atoms with van der Waals surface area (Å²) in [7, 11) is 2.24. The van der Waals surface area contributed by atoms with E-state index >= 15 is 0 Å². The van der Waals surface area contributed by atoms with Gasteiger partial charge >= 0.3 is 0 Å². The zero-order chi connectivity index (χ0) is 9.97. The molecule has 1 aliphatic heterocycles. The molecule has 1 unspecified atom stereocenters. The highest BCUT2D eigenvalue weighted by Gasteiger charge is 2.36. The van der Waals surface area contributed by atoms with Crippen molar-refractivity contribution >= 4 is 0 Å². The molecule has 0 spiro atoms. The van der Waals surface area contributed by atoms with Gasteiger partial charge < -0.3 is 10.6 Å². The van der Waals surface area contributed by atoms with E-state index in [1.54, 1.807) is 0 Å². The van der Waals surface area contributed by atoms with Crippen molar-refractivity contribution in [1.29, 1.82) is 0 Å². The third-order valence-electron chi connectivity index (χ3n) is 4.10. The van der Waals surface area contributed by atoms with E-state index in [1.165, 1.54) is 45.2 Å². The maximum absolute atomic E-state index is 5.72. The Labute approximate surface area is 87.8 Å². The van der Waals surface area contributed by atoms with Crippen LogP contribution in [0, 0.1) is 17.8 Å². The minimum Gasteiger partial charge on any atom is -0.330 e. The smallest absolute Gasteiger partial charge is 0.00190 e. The van der Waals surface area contributed by atoms with Gasteiger partial charge in [0.2, 0.25) is 0 Å². The molecule has 2 aliphatic rings. The quantitative estimate of drug-likeness (QED) is 0.741. The first-order valence-corrected chi connectivity index (χ1v) is 6.20. The van der Waals surface area contributed by atoms with Crippen LogP contribution in [0.5, 0.6) is 0 Å². The van der Waals surface area contributed by atoms with E-state index in [-0.39, 0.29) is 0 Å². The maximum atomic E-state index is 5.72. The summed E-state index contributed by atoms with van der Waals surface area (Å²) in [6.45, 7) is 3.50. The fourth-order valence-corrected chi connectivity index (χ4v) is 3.03. The molecule has 2 nitrogen and oxygen atoms in total. The van der Waals surface area contributed by atoms with Gasteiger partial charge in [0, 0.05) is 0 Å². The Morgan fingerprint density at radius 1 is 1.14 bits per heavy atom. The van der Waals surface area contributed by atoms with Crippen molar-refractivity contribution in [3.63, 3.8) is 0 Å². The number of rotatable bonds is 4. The van der Waals surface area contributed by atoms with Crippen LogP contribution in [-0.2, 0) is 0 Å². The van der Waals surface area contributed by atoms with E-state index in [9.17, 15) is 0 Å². The lowest BCUT2D eigenvalue weighted by Crippen LogP contribution is -2.34. The molecule has 0 radical (unpaired) electrons. The summed E-state index contributed by atoms with van der Waals surface area (Å²) >= 11 is 0. The molecule has 82 valence electrons. The predicted octanol–water partition coefficient (Wildman–Crippen LogP) is 1.70. The summed E-state index contributed by atoms with van der Waals surface area (Å²) < 4.78 is 0. The van der Waals surface area contributed by atoms with E-state index in [1.807, 2.05) is 0 Å². The van der Waals surface area contributed by atoms with Gasteiger partial charge in [0.05, 0.1) is 0 Å². The molecule has 2 rings (SSSR count). The van der Waals surface area contributed by atoms with Crippen molar-refractivity contribution in [2.45, 2.75) is 32.1 Å². The number of piperidine rings is 1. The van der Waals surface area contributed by atoms with E-state index in [0.717, 1.165) is 24.3 Å². The molecular formula is C12H24N2. The van der Waals surface area contributed by atoms with E-state index in [4.69, 9.17) is 5.73 Å². The molecular weight excluding hydrogens is 172 g/mol. The highest BCUT2D eigenvalue weighted by atomic mass is 15.1. The lowest BCUT2D eigenvalue weighted by molar-refractivity contribution is 0.153. The molecule has 1 atom stereocenters. The standard InChI is InChI=1S/C12H24N2/c1-14-8-5-11(6-9-14)12(4-7-13)10-2-3-10/h10-12H,2-9,13H2,1H3. The number of hydrogen-bond acceptors (Lipinski definition) is 2. The largest absolute Gasteiger partial charge is 0.330 e. The fourth-order valence-electron chi connectivity index (χ4n) is 3.03. The second-order valence-corrected chi connectivity index (χ2v) is 5.22. The van der Waals surface area contributed by atoms with Gasteiger partial charge in [0.15, 0.2) is 0 Å². The third kappa shape index (κ3) is 2.48. The van der Waals surface area contributed by atoms with Crippen molar-refractivity contribution < 1.29 is 0 Å². The third-order valence-corrected chi connectivity index (χ3v) is 4.10. The molecule has 0 aromatic rings. The van der Waals surface area contributed by atoms with Crippen LogP contribution in [0.3, 0.4) is 0 Å². The van der Waals surface area contributed by atoms with Crippen molar-refractivity contribution in [1.82, 2.24) is 4.90 Å². The van der Waals surface area contributed by atoms with Crippen LogP contribution < -0.4 is 5.73 Å². The van der Waals surface area contributed by atoms with Crippen LogP contribution in [0.4, 0.5) is 0 Å². The van der Waals surface area contributed by atoms with Crippen LogP contribution in [0.1, 0.15) is 32.1 Å². The lowest BCUT2D eigenvalue weighted by atomic mass is 9.79. The Bertz CT molecular complexity index is 169. The molecule has 0 aromatic carbocycles. The highest BCUT2D eigenvalue weighted by Crippen LogP contribution is 2.44. The van der Waals surface area contributed by atoms with Gasteiger partial charge in [-0.25, -0.2) is 0 Å². The molecule has 14 heavy (non-hydrogen) atoms. The van der Waals surface area contributed by atoms with Gasteiger partial charge in [0.25, 0.3) is 0 Å². The Hall–Kier alpha value is -0.0800. The van der Waals surface area contributed by atoms with Gasteiger partial charge in [0.1, 0.15) is 0 Å². The van der Waals surface area contributed by atoms with Crippen LogP contribution in [0.15, 0.2) is 0 Å². The fraction of sp³-hybridized carbons (Fsp3) is 1.00. The van der Waals surface area contributed by atoms with Gasteiger partial charge in [-0.1, -0.05) is 0 Å². The van der Waals surface area contributed by atoms with Crippen LogP contribution in [-0.4, -0.2) is 31.6 Å². The zero-order valence-corrected chi connectivity index (χ0v) is 9.41. The minimum absolute atomic E-state index is 0.896. The Balaban J connectivity index is 1.84. The average molecular weight is 196 g/mol. The van der Waals surface area contributed by atoms with E-state index in [2.05, 4.69) is 11.9 Å². The Morgan fingerprint density at radius 3 is 2.21 bits per heavy atom. The predicted molar refractivity (Wildman–Crippen MR) is 60.1 cm³/mol. The maximum Gasteiger partial charge on any atom is -0.00190 e. The molecule has 0 amide bonds. The molecule has 1 saturated heterocycles. The first-order chi connectivity index (χ1) is 6.81. The summed E-state index contributed by atoms with van der Waals surface area (Å²) in [6.07, 6.45) is 7.07. The van der Waals surface area contributed by atoms with E-state index < -0.39 is 0 Å². The SMILES string of the molecule is CN1CCC(C(CCN)C2CC2)CC1. The molecule has 2 fully saturated rings. The highest BCUT2D eigenvalue weighted by molar-refractivity contribution is 4.87. The summed E-state index contributed by atoms with van der Waals surface area (Å²) in [6, 6.07) is 0. The summed E-state index contributed by atoms with van der Waals surface area (Å²) in [4.78, 5) is 2.46. The second kappa shape index (κ2) is 4.63. The Morgan fingerprint density at radius 2 is 1.71 bits per heavy atom. The van der Waals surface area contributed by atoms with Gasteiger partial charge in [-0.05, 0) is 76.5 Å². The molecule has 0 bridgehead atoms. The zero-order valence-electron chi connectivity index (χ0n) is 9.41. The van der Waals surface area contributed by atoms with Crippen molar-refractivity contribution in [3.05, 3.63) is 0 Å². The molecule has 1 saturated carbocycles. The van der Waals surface area contributed by atoms with Crippen molar-refractivity contribution in [2.75, 3.05) is 26.7 Å². The topological polar surface area (TPSA) is 29.3 Å². The first kappa shape index (κ1) is 10.4. The Kier molecular flexibility index (Phi) is 3.45. The number of hydrogen-bond donors (Lipinski definition) is 1. The van der Waals surface area contributed by atoms with Crippen molar-refractivity contribution in [3.8, 4) is 0 Å². The number of nitrogens with zero attached hydrogens (tertiary/aromatic N) is 1. The lowest BCUT2D eigenvalue weighted by Gasteiger charge is -2.34. The normalized spacial score (nSPS) is 27.9. The summed E-state index contributed by atoms with van der Waals surface area (Å²) in [5, 5.41) is 0. The molecule has 2 N–H and O–H groups in total. The van der Waals surface area contributed by atoms with Gasteiger partial charge in [-0.15, -0.1) is 0 Å². The van der Waals surface area contributed by atoms with E-state index in [0.29, 0.717) is 0 Å². The number of likely N-dealkylation sites (tertiary alicyclic amines) is 1. The molecule has 1 aliphatic carbocycles. The van der Waals surface area contributed by atoms with Gasteiger partial charge in [-0.2, -0.15) is 0 Å². The second-order valence-electron chi connectivity index (χ2n) is 5.22. The molecule has 1 heterocycles. The van der Waals surface area contributed by atoms with Crippen molar-refractivity contribution in [2.24, 2.45) is 23.5 Å².